The van der Waals surface area contributed by atoms with Gasteiger partial charge in [-0.05, 0) is 28.1 Å². The Hall–Kier alpha value is -1.01. The molecule has 0 aliphatic carbocycles. The second-order valence-corrected chi connectivity index (χ2v) is 3.18. The Kier molecular flexibility index (Phi) is 2.94. The topological polar surface area (TPSA) is 69.2 Å². The van der Waals surface area contributed by atoms with Gasteiger partial charge in [0.1, 0.15) is 0 Å². The third-order valence-electron chi connectivity index (χ3n) is 1.56. The summed E-state index contributed by atoms with van der Waals surface area (Å²) in [4.78, 5) is 9.67. The molecule has 0 aliphatic rings. The predicted molar refractivity (Wildman–Crippen MR) is 48.6 cm³/mol. The fourth-order valence-corrected chi connectivity index (χ4v) is 1.26. The molecule has 0 aliphatic heterocycles. The molecule has 0 bridgehead atoms. The molecule has 0 spiro atoms. The van der Waals surface area contributed by atoms with Gasteiger partial charge in [-0.1, -0.05) is 0 Å². The summed E-state index contributed by atoms with van der Waals surface area (Å²) in [6, 6.07) is 2.82. The highest BCUT2D eigenvalue weighted by Gasteiger charge is 2.21. The van der Waals surface area contributed by atoms with E-state index in [0.29, 0.717) is 0 Å². The molecule has 0 amide bonds. The first-order chi connectivity index (χ1) is 6.07. The molecule has 0 saturated heterocycles. The molecule has 1 rings (SSSR count). The molecule has 0 aromatic heterocycles. The van der Waals surface area contributed by atoms with Crippen LogP contribution in [0.4, 0.5) is 10.1 Å². The van der Waals surface area contributed by atoms with Gasteiger partial charge in [-0.3, -0.25) is 10.1 Å². The number of hydrogen-bond acceptors (Lipinski definition) is 3. The highest BCUT2D eigenvalue weighted by molar-refractivity contribution is 9.10. The van der Waals surface area contributed by atoms with E-state index < -0.39 is 16.4 Å². The van der Waals surface area contributed by atoms with E-state index in [1.807, 2.05) is 0 Å². The standard InChI is InChI=1S/C7H6BrFN2O2/c8-5-2-1-4(3-10)7(6(5)9)11(12)13/h1-2H,3,10H2. The van der Waals surface area contributed by atoms with Crippen LogP contribution in [-0.2, 0) is 6.54 Å². The summed E-state index contributed by atoms with van der Waals surface area (Å²) >= 11 is 2.86. The summed E-state index contributed by atoms with van der Waals surface area (Å²) in [5, 5.41) is 10.4. The zero-order chi connectivity index (χ0) is 10.0. The lowest BCUT2D eigenvalue weighted by Crippen LogP contribution is -2.04. The van der Waals surface area contributed by atoms with E-state index in [0.717, 1.165) is 0 Å². The highest BCUT2D eigenvalue weighted by atomic mass is 79.9. The van der Waals surface area contributed by atoms with Crippen LogP contribution in [-0.4, -0.2) is 4.92 Å². The molecule has 4 nitrogen and oxygen atoms in total. The van der Waals surface area contributed by atoms with Crippen LogP contribution < -0.4 is 5.73 Å². The van der Waals surface area contributed by atoms with Crippen LogP contribution in [0.5, 0.6) is 0 Å². The maximum absolute atomic E-state index is 13.2. The van der Waals surface area contributed by atoms with Crippen LogP contribution in [0.3, 0.4) is 0 Å². The maximum atomic E-state index is 13.2. The molecule has 0 saturated carbocycles. The molecular formula is C7H6BrFN2O2. The molecule has 0 radical (unpaired) electrons. The Balaban J connectivity index is 3.41. The summed E-state index contributed by atoms with van der Waals surface area (Å²) < 4.78 is 13.2. The minimum absolute atomic E-state index is 0.0550. The lowest BCUT2D eigenvalue weighted by Gasteiger charge is -2.01. The second kappa shape index (κ2) is 3.80. The zero-order valence-corrected chi connectivity index (χ0v) is 8.04. The van der Waals surface area contributed by atoms with E-state index in [4.69, 9.17) is 5.73 Å². The zero-order valence-electron chi connectivity index (χ0n) is 6.46. The first-order valence-corrected chi connectivity index (χ1v) is 4.18. The number of rotatable bonds is 2. The van der Waals surface area contributed by atoms with Crippen molar-refractivity contribution in [1.29, 1.82) is 0 Å². The van der Waals surface area contributed by atoms with Crippen molar-refractivity contribution in [3.8, 4) is 0 Å². The van der Waals surface area contributed by atoms with Gasteiger partial charge >= 0.3 is 5.69 Å². The van der Waals surface area contributed by atoms with Gasteiger partial charge < -0.3 is 5.73 Å². The van der Waals surface area contributed by atoms with Crippen molar-refractivity contribution in [3.63, 3.8) is 0 Å². The lowest BCUT2D eigenvalue weighted by molar-refractivity contribution is -0.388. The van der Waals surface area contributed by atoms with E-state index in [9.17, 15) is 14.5 Å². The van der Waals surface area contributed by atoms with E-state index in [1.54, 1.807) is 0 Å². The van der Waals surface area contributed by atoms with Crippen LogP contribution in [0.25, 0.3) is 0 Å². The fourth-order valence-electron chi connectivity index (χ4n) is 0.942. The number of nitro benzene ring substituents is 1. The van der Waals surface area contributed by atoms with Crippen molar-refractivity contribution >= 4 is 21.6 Å². The molecule has 1 aromatic rings. The summed E-state index contributed by atoms with van der Waals surface area (Å²) in [7, 11) is 0. The fraction of sp³-hybridized carbons (Fsp3) is 0.143. The summed E-state index contributed by atoms with van der Waals surface area (Å²) in [5.74, 6) is -0.882. The van der Waals surface area contributed by atoms with Gasteiger partial charge in [-0.2, -0.15) is 4.39 Å². The van der Waals surface area contributed by atoms with E-state index in [-0.39, 0.29) is 16.6 Å². The molecule has 13 heavy (non-hydrogen) atoms. The molecule has 0 heterocycles. The van der Waals surface area contributed by atoms with Crippen LogP contribution >= 0.6 is 15.9 Å². The van der Waals surface area contributed by atoms with Crippen LogP contribution in [0.2, 0.25) is 0 Å². The maximum Gasteiger partial charge on any atom is 0.310 e. The molecule has 6 heteroatoms. The van der Waals surface area contributed by atoms with Crippen LogP contribution in [0.15, 0.2) is 16.6 Å². The van der Waals surface area contributed by atoms with Gasteiger partial charge in [0.15, 0.2) is 0 Å². The number of nitrogens with zero attached hydrogens (tertiary/aromatic N) is 1. The first-order valence-electron chi connectivity index (χ1n) is 3.39. The molecule has 1 aromatic carbocycles. The number of nitro groups is 1. The van der Waals surface area contributed by atoms with Crippen molar-refractivity contribution in [2.24, 2.45) is 5.73 Å². The van der Waals surface area contributed by atoms with E-state index in [1.165, 1.54) is 12.1 Å². The summed E-state index contributed by atoms with van der Waals surface area (Å²) in [6.45, 7) is -0.0550. The van der Waals surface area contributed by atoms with Gasteiger partial charge in [0.05, 0.1) is 9.40 Å². The number of benzene rings is 1. The SMILES string of the molecule is NCc1ccc(Br)c(F)c1[N+](=O)[O-]. The van der Waals surface area contributed by atoms with Gasteiger partial charge in [0, 0.05) is 12.1 Å². The summed E-state index contributed by atoms with van der Waals surface area (Å²) in [6.07, 6.45) is 0. The molecule has 0 fully saturated rings. The lowest BCUT2D eigenvalue weighted by atomic mass is 10.2. The third-order valence-corrected chi connectivity index (χ3v) is 2.17. The van der Waals surface area contributed by atoms with Crippen molar-refractivity contribution in [2.45, 2.75) is 6.54 Å². The van der Waals surface area contributed by atoms with E-state index in [2.05, 4.69) is 15.9 Å². The molecular weight excluding hydrogens is 243 g/mol. The largest absolute Gasteiger partial charge is 0.326 e. The van der Waals surface area contributed by atoms with Gasteiger partial charge in [-0.15, -0.1) is 0 Å². The normalized spacial score (nSPS) is 10.1. The quantitative estimate of drug-likeness (QED) is 0.643. The second-order valence-electron chi connectivity index (χ2n) is 2.33. The minimum atomic E-state index is -0.882. The Bertz CT molecular complexity index is 357. The first kappa shape index (κ1) is 10.1. The Morgan fingerprint density at radius 1 is 1.62 bits per heavy atom. The van der Waals surface area contributed by atoms with Crippen molar-refractivity contribution in [3.05, 3.63) is 38.1 Å². The average molecular weight is 249 g/mol. The third kappa shape index (κ3) is 1.84. The monoisotopic (exact) mass is 248 g/mol. The Morgan fingerprint density at radius 3 is 2.69 bits per heavy atom. The Labute approximate surface area is 81.8 Å². The van der Waals surface area contributed by atoms with Crippen molar-refractivity contribution in [2.75, 3.05) is 0 Å². The van der Waals surface area contributed by atoms with Crippen molar-refractivity contribution in [1.82, 2.24) is 0 Å². The van der Waals surface area contributed by atoms with Gasteiger partial charge in [-0.25, -0.2) is 0 Å². The highest BCUT2D eigenvalue weighted by Crippen LogP contribution is 2.28. The number of hydrogen-bond donors (Lipinski definition) is 1. The van der Waals surface area contributed by atoms with Crippen LogP contribution in [0, 0.1) is 15.9 Å². The molecule has 0 atom stereocenters. The number of nitrogens with two attached hydrogens (primary N) is 1. The molecule has 0 unspecified atom stereocenters. The van der Waals surface area contributed by atoms with Gasteiger partial charge in [0.25, 0.3) is 0 Å². The Morgan fingerprint density at radius 2 is 2.23 bits per heavy atom. The molecule has 2 N–H and O–H groups in total. The minimum Gasteiger partial charge on any atom is -0.326 e. The van der Waals surface area contributed by atoms with Crippen molar-refractivity contribution < 1.29 is 9.31 Å². The average Bonchev–Trinajstić information content (AvgIpc) is 2.08. The van der Waals surface area contributed by atoms with E-state index >= 15 is 0 Å². The predicted octanol–water partition coefficient (Wildman–Crippen LogP) is 1.96. The van der Waals surface area contributed by atoms with Crippen LogP contribution in [0.1, 0.15) is 5.56 Å². The van der Waals surface area contributed by atoms with Gasteiger partial charge in [0.2, 0.25) is 5.82 Å². The smallest absolute Gasteiger partial charge is 0.310 e. The molecule has 70 valence electrons. The summed E-state index contributed by atoms with van der Waals surface area (Å²) in [5.41, 5.74) is 4.85. The number of halogens is 2.